The summed E-state index contributed by atoms with van der Waals surface area (Å²) >= 11 is 5.13. The van der Waals surface area contributed by atoms with Gasteiger partial charge < -0.3 is 10.1 Å². The standard InChI is InChI=1S/C15H20BrN3OS/c1-15(2,3)17-8-7-13-18-19-14(21-13)10-5-6-12(20-4)11(16)9-10/h5-6,9,17H,7-8H2,1-4H3. The number of nitrogens with zero attached hydrogens (tertiary/aromatic N) is 2. The quantitative estimate of drug-likeness (QED) is 0.867. The predicted molar refractivity (Wildman–Crippen MR) is 91.1 cm³/mol. The highest BCUT2D eigenvalue weighted by molar-refractivity contribution is 9.10. The molecule has 2 aromatic rings. The zero-order valence-corrected chi connectivity index (χ0v) is 15.1. The Morgan fingerprint density at radius 2 is 2.05 bits per heavy atom. The minimum Gasteiger partial charge on any atom is -0.496 e. The Bertz CT molecular complexity index is 607. The van der Waals surface area contributed by atoms with E-state index in [1.54, 1.807) is 18.4 Å². The maximum absolute atomic E-state index is 5.24. The van der Waals surface area contributed by atoms with Gasteiger partial charge in [0.05, 0.1) is 11.6 Å². The number of hydrogen-bond acceptors (Lipinski definition) is 5. The summed E-state index contributed by atoms with van der Waals surface area (Å²) in [5.74, 6) is 0.817. The van der Waals surface area contributed by atoms with Gasteiger partial charge in [-0.25, -0.2) is 0 Å². The van der Waals surface area contributed by atoms with E-state index < -0.39 is 0 Å². The molecule has 0 aliphatic carbocycles. The van der Waals surface area contributed by atoms with E-state index in [1.165, 1.54) is 0 Å². The van der Waals surface area contributed by atoms with Gasteiger partial charge in [-0.15, -0.1) is 10.2 Å². The highest BCUT2D eigenvalue weighted by Gasteiger charge is 2.11. The van der Waals surface area contributed by atoms with Crippen LogP contribution in [0.3, 0.4) is 0 Å². The van der Waals surface area contributed by atoms with Gasteiger partial charge in [-0.05, 0) is 54.9 Å². The summed E-state index contributed by atoms with van der Waals surface area (Å²) in [7, 11) is 1.66. The molecule has 2 rings (SSSR count). The second-order valence-electron chi connectivity index (χ2n) is 5.78. The topological polar surface area (TPSA) is 47.0 Å². The van der Waals surface area contributed by atoms with Crippen molar-refractivity contribution in [3.63, 3.8) is 0 Å². The van der Waals surface area contributed by atoms with Crippen LogP contribution in [-0.4, -0.2) is 29.4 Å². The molecule has 0 aliphatic rings. The van der Waals surface area contributed by atoms with Crippen LogP contribution in [0.2, 0.25) is 0 Å². The molecule has 0 bridgehead atoms. The van der Waals surface area contributed by atoms with E-state index in [-0.39, 0.29) is 5.54 Å². The normalized spacial score (nSPS) is 11.7. The van der Waals surface area contributed by atoms with E-state index >= 15 is 0 Å². The van der Waals surface area contributed by atoms with E-state index in [0.29, 0.717) is 0 Å². The maximum atomic E-state index is 5.24. The fourth-order valence-electron chi connectivity index (χ4n) is 1.82. The average Bonchev–Trinajstić information content (AvgIpc) is 2.86. The predicted octanol–water partition coefficient (Wildman–Crippen LogP) is 3.91. The summed E-state index contributed by atoms with van der Waals surface area (Å²) in [6.45, 7) is 7.39. The first-order chi connectivity index (χ1) is 9.89. The molecule has 0 saturated heterocycles. The van der Waals surface area contributed by atoms with Crippen LogP contribution in [0.25, 0.3) is 10.6 Å². The van der Waals surface area contributed by atoms with Crippen molar-refractivity contribution in [2.45, 2.75) is 32.7 Å². The van der Waals surface area contributed by atoms with Crippen LogP contribution in [0.4, 0.5) is 0 Å². The molecule has 0 amide bonds. The van der Waals surface area contributed by atoms with Gasteiger partial charge in [-0.2, -0.15) is 0 Å². The largest absolute Gasteiger partial charge is 0.496 e. The van der Waals surface area contributed by atoms with Crippen LogP contribution in [0.5, 0.6) is 5.75 Å². The molecule has 0 spiro atoms. The van der Waals surface area contributed by atoms with E-state index in [4.69, 9.17) is 4.74 Å². The number of nitrogens with one attached hydrogen (secondary N) is 1. The van der Waals surface area contributed by atoms with E-state index in [2.05, 4.69) is 52.2 Å². The maximum Gasteiger partial charge on any atom is 0.147 e. The van der Waals surface area contributed by atoms with Gasteiger partial charge in [0, 0.05) is 24.1 Å². The number of ether oxygens (including phenoxy) is 1. The van der Waals surface area contributed by atoms with Crippen LogP contribution in [-0.2, 0) is 6.42 Å². The van der Waals surface area contributed by atoms with E-state index in [0.717, 1.165) is 38.8 Å². The average molecular weight is 370 g/mol. The second kappa shape index (κ2) is 6.85. The van der Waals surface area contributed by atoms with Gasteiger partial charge in [0.2, 0.25) is 0 Å². The van der Waals surface area contributed by atoms with Crippen molar-refractivity contribution in [3.8, 4) is 16.3 Å². The Labute approximate surface area is 138 Å². The first-order valence-corrected chi connectivity index (χ1v) is 8.41. The molecule has 21 heavy (non-hydrogen) atoms. The highest BCUT2D eigenvalue weighted by atomic mass is 79.9. The van der Waals surface area contributed by atoms with Crippen LogP contribution in [0, 0.1) is 0 Å². The van der Waals surface area contributed by atoms with Gasteiger partial charge in [0.15, 0.2) is 0 Å². The highest BCUT2D eigenvalue weighted by Crippen LogP contribution is 2.31. The Morgan fingerprint density at radius 1 is 1.29 bits per heavy atom. The lowest BCUT2D eigenvalue weighted by Crippen LogP contribution is -2.37. The molecular weight excluding hydrogens is 350 g/mol. The van der Waals surface area contributed by atoms with Gasteiger partial charge in [-0.3, -0.25) is 0 Å². The van der Waals surface area contributed by atoms with Crippen molar-refractivity contribution in [1.82, 2.24) is 15.5 Å². The lowest BCUT2D eigenvalue weighted by atomic mass is 10.1. The van der Waals surface area contributed by atoms with E-state index in [9.17, 15) is 0 Å². The fourth-order valence-corrected chi connectivity index (χ4v) is 3.19. The van der Waals surface area contributed by atoms with Crippen molar-refractivity contribution in [2.24, 2.45) is 0 Å². The van der Waals surface area contributed by atoms with Crippen molar-refractivity contribution < 1.29 is 4.74 Å². The van der Waals surface area contributed by atoms with Gasteiger partial charge in [-0.1, -0.05) is 11.3 Å². The smallest absolute Gasteiger partial charge is 0.147 e. The molecule has 0 fully saturated rings. The molecule has 1 aromatic carbocycles. The third-order valence-corrected chi connectivity index (χ3v) is 4.51. The Hall–Kier alpha value is -0.980. The zero-order valence-electron chi connectivity index (χ0n) is 12.7. The molecule has 114 valence electrons. The number of rotatable bonds is 5. The number of methoxy groups -OCH3 is 1. The molecule has 1 N–H and O–H groups in total. The van der Waals surface area contributed by atoms with Crippen LogP contribution in [0.1, 0.15) is 25.8 Å². The first kappa shape index (κ1) is 16.4. The Balaban J connectivity index is 2.04. The lowest BCUT2D eigenvalue weighted by molar-refractivity contribution is 0.412. The van der Waals surface area contributed by atoms with Gasteiger partial charge >= 0.3 is 0 Å². The summed E-state index contributed by atoms with van der Waals surface area (Å²) < 4.78 is 6.16. The summed E-state index contributed by atoms with van der Waals surface area (Å²) in [6, 6.07) is 5.94. The molecule has 0 atom stereocenters. The molecule has 0 radical (unpaired) electrons. The fraction of sp³-hybridized carbons (Fsp3) is 0.467. The minimum atomic E-state index is 0.133. The number of hydrogen-bond donors (Lipinski definition) is 1. The molecule has 0 aliphatic heterocycles. The molecular formula is C15H20BrN3OS. The number of halogens is 1. The molecule has 0 saturated carbocycles. The van der Waals surface area contributed by atoms with Crippen molar-refractivity contribution in [2.75, 3.05) is 13.7 Å². The molecule has 0 unspecified atom stereocenters. The monoisotopic (exact) mass is 369 g/mol. The molecule has 6 heteroatoms. The minimum absolute atomic E-state index is 0.133. The Morgan fingerprint density at radius 3 is 2.67 bits per heavy atom. The van der Waals surface area contributed by atoms with Crippen LogP contribution < -0.4 is 10.1 Å². The van der Waals surface area contributed by atoms with Crippen molar-refractivity contribution in [3.05, 3.63) is 27.7 Å². The third kappa shape index (κ3) is 4.76. The van der Waals surface area contributed by atoms with E-state index in [1.807, 2.05) is 18.2 Å². The SMILES string of the molecule is COc1ccc(-c2nnc(CCNC(C)(C)C)s2)cc1Br. The van der Waals surface area contributed by atoms with Crippen LogP contribution in [0.15, 0.2) is 22.7 Å². The molecule has 1 aromatic heterocycles. The van der Waals surface area contributed by atoms with Crippen molar-refractivity contribution in [1.29, 1.82) is 0 Å². The number of benzene rings is 1. The van der Waals surface area contributed by atoms with Gasteiger partial charge in [0.1, 0.15) is 15.8 Å². The molecule has 1 heterocycles. The molecule has 4 nitrogen and oxygen atoms in total. The number of aromatic nitrogens is 2. The summed E-state index contributed by atoms with van der Waals surface area (Å²) in [6.07, 6.45) is 0.895. The van der Waals surface area contributed by atoms with Crippen molar-refractivity contribution >= 4 is 27.3 Å². The summed E-state index contributed by atoms with van der Waals surface area (Å²) in [5, 5.41) is 14.0. The zero-order chi connectivity index (χ0) is 15.5. The first-order valence-electron chi connectivity index (χ1n) is 6.80. The van der Waals surface area contributed by atoms with Gasteiger partial charge in [0.25, 0.3) is 0 Å². The Kier molecular flexibility index (Phi) is 5.35. The summed E-state index contributed by atoms with van der Waals surface area (Å²) in [5.41, 5.74) is 1.18. The summed E-state index contributed by atoms with van der Waals surface area (Å²) in [4.78, 5) is 0. The lowest BCUT2D eigenvalue weighted by Gasteiger charge is -2.19. The second-order valence-corrected chi connectivity index (χ2v) is 7.69. The van der Waals surface area contributed by atoms with Crippen LogP contribution >= 0.6 is 27.3 Å². The third-order valence-electron chi connectivity index (χ3n) is 2.86.